The van der Waals surface area contributed by atoms with E-state index in [1.165, 1.54) is 23.0 Å². The van der Waals surface area contributed by atoms with Crippen LogP contribution in [0.4, 0.5) is 0 Å². The van der Waals surface area contributed by atoms with Gasteiger partial charge in [-0.1, -0.05) is 143 Å². The number of ether oxygens (including phenoxy) is 1. The molecule has 222 valence electrons. The molecule has 0 fully saturated rings. The first kappa shape index (κ1) is 33.0. The highest BCUT2D eigenvalue weighted by atomic mass is 28.4. The summed E-state index contributed by atoms with van der Waals surface area (Å²) in [5.41, 5.74) is 2.31. The monoisotopic (exact) mass is 580 g/mol. The molecule has 0 amide bonds. The van der Waals surface area contributed by atoms with Gasteiger partial charge in [-0.15, -0.1) is 0 Å². The van der Waals surface area contributed by atoms with Crippen molar-refractivity contribution in [1.82, 2.24) is 0 Å². The molecule has 0 saturated heterocycles. The molecule has 0 N–H and O–H groups in total. The standard InChI is InChI=1S/C38H48O3Si/c1-6-7-8-9-10-19-29-36(33-24-21-23-32(31-33)22-14-11-20-30-37(39)40-5)41-42(38(2,3)4,34-25-15-12-16-26-34)35-27-17-13-18-28-35/h7-8,10,12-19,21-28,31,36H,6,9,11,20,29-30H2,1-5H3/b8-7-,19-10-,22-14-. The van der Waals surface area contributed by atoms with Crippen LogP contribution in [0, 0.1) is 0 Å². The van der Waals surface area contributed by atoms with Crippen LogP contribution < -0.4 is 10.4 Å². The van der Waals surface area contributed by atoms with Gasteiger partial charge in [0.1, 0.15) is 0 Å². The average molecular weight is 581 g/mol. The molecule has 0 radical (unpaired) electrons. The molecular weight excluding hydrogens is 533 g/mol. The first-order valence-electron chi connectivity index (χ1n) is 15.2. The van der Waals surface area contributed by atoms with Gasteiger partial charge >= 0.3 is 5.97 Å². The third-order valence-corrected chi connectivity index (χ3v) is 12.5. The number of methoxy groups -OCH3 is 1. The summed E-state index contributed by atoms with van der Waals surface area (Å²) < 4.78 is 12.4. The van der Waals surface area contributed by atoms with Crippen molar-refractivity contribution < 1.29 is 14.0 Å². The van der Waals surface area contributed by atoms with E-state index >= 15 is 0 Å². The number of unbranched alkanes of at least 4 members (excludes halogenated alkanes) is 1. The van der Waals surface area contributed by atoms with Gasteiger partial charge in [-0.05, 0) is 64.7 Å². The second-order valence-electron chi connectivity index (χ2n) is 11.6. The summed E-state index contributed by atoms with van der Waals surface area (Å²) in [6.07, 6.45) is 17.9. The van der Waals surface area contributed by atoms with Crippen molar-refractivity contribution in [2.24, 2.45) is 0 Å². The minimum atomic E-state index is -2.75. The van der Waals surface area contributed by atoms with Gasteiger partial charge < -0.3 is 9.16 Å². The molecule has 42 heavy (non-hydrogen) atoms. The Kier molecular flexibility index (Phi) is 13.2. The topological polar surface area (TPSA) is 35.5 Å². The van der Waals surface area contributed by atoms with Gasteiger partial charge in [0.2, 0.25) is 0 Å². The zero-order chi connectivity index (χ0) is 30.3. The van der Waals surface area contributed by atoms with Gasteiger partial charge in [-0.25, -0.2) is 0 Å². The summed E-state index contributed by atoms with van der Waals surface area (Å²) in [5, 5.41) is 2.45. The van der Waals surface area contributed by atoms with E-state index in [-0.39, 0.29) is 17.1 Å². The van der Waals surface area contributed by atoms with Crippen LogP contribution in [0.1, 0.15) is 83.5 Å². The Morgan fingerprint density at radius 1 is 0.833 bits per heavy atom. The molecule has 1 unspecified atom stereocenters. The minimum Gasteiger partial charge on any atom is -0.469 e. The minimum absolute atomic E-state index is 0.112. The van der Waals surface area contributed by atoms with Gasteiger partial charge in [0.25, 0.3) is 8.32 Å². The Hall–Kier alpha value is -3.47. The number of carbonyl (C=O) groups is 1. The van der Waals surface area contributed by atoms with E-state index < -0.39 is 8.32 Å². The number of allylic oxidation sites excluding steroid dienone is 4. The van der Waals surface area contributed by atoms with Gasteiger partial charge in [-0.2, -0.15) is 0 Å². The van der Waals surface area contributed by atoms with Gasteiger partial charge in [-0.3, -0.25) is 4.79 Å². The summed E-state index contributed by atoms with van der Waals surface area (Å²) in [6, 6.07) is 30.4. The Morgan fingerprint density at radius 3 is 2.07 bits per heavy atom. The predicted molar refractivity (Wildman–Crippen MR) is 181 cm³/mol. The summed E-state index contributed by atoms with van der Waals surface area (Å²) in [6.45, 7) is 9.15. The molecule has 3 aromatic rings. The number of hydrogen-bond acceptors (Lipinski definition) is 3. The van der Waals surface area contributed by atoms with E-state index in [9.17, 15) is 4.79 Å². The maximum Gasteiger partial charge on any atom is 0.305 e. The average Bonchev–Trinajstić information content (AvgIpc) is 3.00. The fourth-order valence-corrected chi connectivity index (χ4v) is 10.0. The summed E-state index contributed by atoms with van der Waals surface area (Å²) in [7, 11) is -1.32. The largest absolute Gasteiger partial charge is 0.469 e. The predicted octanol–water partition coefficient (Wildman–Crippen LogP) is 8.96. The number of carbonyl (C=O) groups excluding carboxylic acids is 1. The molecule has 0 bridgehead atoms. The summed E-state index contributed by atoms with van der Waals surface area (Å²) in [5.74, 6) is -0.160. The quantitative estimate of drug-likeness (QED) is 0.0779. The lowest BCUT2D eigenvalue weighted by Gasteiger charge is -2.45. The highest BCUT2D eigenvalue weighted by Crippen LogP contribution is 2.41. The fraction of sp³-hybridized carbons (Fsp3) is 0.342. The second-order valence-corrected chi connectivity index (χ2v) is 15.9. The van der Waals surface area contributed by atoms with Gasteiger partial charge in [0, 0.05) is 6.42 Å². The van der Waals surface area contributed by atoms with Gasteiger partial charge in [0.05, 0.1) is 13.2 Å². The van der Waals surface area contributed by atoms with Crippen LogP contribution in [0.25, 0.3) is 6.08 Å². The third-order valence-electron chi connectivity index (χ3n) is 7.50. The molecule has 0 aliphatic heterocycles. The second kappa shape index (κ2) is 16.8. The smallest absolute Gasteiger partial charge is 0.305 e. The van der Waals surface area contributed by atoms with E-state index in [1.54, 1.807) is 0 Å². The van der Waals surface area contributed by atoms with Crippen molar-refractivity contribution >= 4 is 30.7 Å². The molecule has 3 rings (SSSR count). The van der Waals surface area contributed by atoms with Crippen LogP contribution in [0.2, 0.25) is 5.04 Å². The maximum absolute atomic E-state index is 11.4. The lowest BCUT2D eigenvalue weighted by Crippen LogP contribution is -2.66. The van der Waals surface area contributed by atoms with Crippen molar-refractivity contribution in [1.29, 1.82) is 0 Å². The Balaban J connectivity index is 2.02. The van der Waals surface area contributed by atoms with Crippen molar-refractivity contribution in [2.75, 3.05) is 7.11 Å². The number of esters is 1. The van der Waals surface area contributed by atoms with E-state index in [4.69, 9.17) is 9.16 Å². The van der Waals surface area contributed by atoms with Crippen LogP contribution >= 0.6 is 0 Å². The Morgan fingerprint density at radius 2 is 1.48 bits per heavy atom. The van der Waals surface area contributed by atoms with Crippen LogP contribution in [0.5, 0.6) is 0 Å². The number of hydrogen-bond donors (Lipinski definition) is 0. The van der Waals surface area contributed by atoms with Crippen LogP contribution in [-0.2, 0) is 14.0 Å². The number of benzene rings is 3. The van der Waals surface area contributed by atoms with Crippen molar-refractivity contribution in [3.05, 3.63) is 126 Å². The van der Waals surface area contributed by atoms with Crippen molar-refractivity contribution in [3.8, 4) is 0 Å². The molecule has 0 aliphatic rings. The molecule has 0 aliphatic carbocycles. The van der Waals surface area contributed by atoms with Crippen LogP contribution in [0.3, 0.4) is 0 Å². The highest BCUT2D eigenvalue weighted by Gasteiger charge is 2.51. The molecule has 1 atom stereocenters. The van der Waals surface area contributed by atoms with E-state index in [2.05, 4.69) is 149 Å². The normalized spacial score (nSPS) is 13.3. The zero-order valence-corrected chi connectivity index (χ0v) is 27.1. The van der Waals surface area contributed by atoms with Crippen molar-refractivity contribution in [3.63, 3.8) is 0 Å². The molecule has 0 saturated carbocycles. The molecule has 0 aromatic heterocycles. The SMILES string of the molecule is CC/C=C\C/C=C\CC(O[Si](c1ccccc1)(c1ccccc1)C(C)(C)C)c1cccc(/C=C\CCCC(=O)OC)c1. The van der Waals surface area contributed by atoms with E-state index in [0.717, 1.165) is 37.7 Å². The summed E-state index contributed by atoms with van der Waals surface area (Å²) >= 11 is 0. The molecule has 3 nitrogen and oxygen atoms in total. The van der Waals surface area contributed by atoms with E-state index in [0.29, 0.717) is 6.42 Å². The molecular formula is C38H48O3Si. The third kappa shape index (κ3) is 9.27. The zero-order valence-electron chi connectivity index (χ0n) is 26.1. The Bertz CT molecular complexity index is 1260. The van der Waals surface area contributed by atoms with Crippen molar-refractivity contribution in [2.45, 2.75) is 77.4 Å². The van der Waals surface area contributed by atoms with E-state index in [1.807, 2.05) is 0 Å². The fourth-order valence-electron chi connectivity index (χ4n) is 5.36. The van der Waals surface area contributed by atoms with Gasteiger partial charge in [0.15, 0.2) is 0 Å². The lowest BCUT2D eigenvalue weighted by atomic mass is 10.0. The van der Waals surface area contributed by atoms with Crippen LogP contribution in [-0.4, -0.2) is 21.4 Å². The lowest BCUT2D eigenvalue weighted by molar-refractivity contribution is -0.140. The first-order chi connectivity index (χ1) is 20.3. The summed E-state index contributed by atoms with van der Waals surface area (Å²) in [4.78, 5) is 11.4. The molecule has 0 heterocycles. The maximum atomic E-state index is 11.4. The number of rotatable bonds is 15. The molecule has 0 spiro atoms. The first-order valence-corrected chi connectivity index (χ1v) is 17.1. The molecule has 4 heteroatoms. The Labute approximate surface area is 255 Å². The molecule has 3 aromatic carbocycles. The van der Waals surface area contributed by atoms with Crippen LogP contribution in [0.15, 0.2) is 115 Å². The highest BCUT2D eigenvalue weighted by molar-refractivity contribution is 6.99.